The first-order valence-electron chi connectivity index (χ1n) is 6.28. The maximum Gasteiger partial charge on any atom is 0.418 e. The van der Waals surface area contributed by atoms with Gasteiger partial charge in [-0.2, -0.15) is 13.2 Å². The molecule has 1 atom stereocenters. The first-order valence-corrected chi connectivity index (χ1v) is 6.28. The highest BCUT2D eigenvalue weighted by atomic mass is 19.4. The van der Waals surface area contributed by atoms with Crippen LogP contribution in [0.4, 0.5) is 18.9 Å². The molecule has 1 aromatic carbocycles. The average Bonchev–Trinajstić information content (AvgIpc) is 2.42. The van der Waals surface area contributed by atoms with Crippen LogP contribution in [-0.4, -0.2) is 35.6 Å². The van der Waals surface area contributed by atoms with Crippen LogP contribution in [0.15, 0.2) is 18.2 Å². The van der Waals surface area contributed by atoms with Crippen molar-refractivity contribution in [2.45, 2.75) is 25.6 Å². The van der Waals surface area contributed by atoms with Crippen LogP contribution in [0.25, 0.3) is 0 Å². The number of carbonyl (C=O) groups excluding carboxylic acids is 1. The van der Waals surface area contributed by atoms with Gasteiger partial charge in [-0.15, -0.1) is 0 Å². The monoisotopic (exact) mass is 305 g/mol. The van der Waals surface area contributed by atoms with Gasteiger partial charge in [0.25, 0.3) is 5.91 Å². The molecule has 0 aliphatic carbocycles. The van der Waals surface area contributed by atoms with Crippen molar-refractivity contribution in [3.63, 3.8) is 0 Å². The number of aliphatic hydroxyl groups excluding tert-OH is 1. The van der Waals surface area contributed by atoms with Crippen molar-refractivity contribution in [3.05, 3.63) is 29.3 Å². The Labute approximate surface area is 120 Å². The van der Waals surface area contributed by atoms with Gasteiger partial charge in [0.1, 0.15) is 0 Å². The van der Waals surface area contributed by atoms with E-state index >= 15 is 0 Å². The second-order valence-corrected chi connectivity index (χ2v) is 4.77. The minimum atomic E-state index is -4.61. The molecule has 1 amide bonds. The second kappa shape index (κ2) is 6.77. The maximum absolute atomic E-state index is 12.9. The number of benzene rings is 1. The lowest BCUT2D eigenvalue weighted by molar-refractivity contribution is -0.137. The van der Waals surface area contributed by atoms with Crippen molar-refractivity contribution < 1.29 is 23.1 Å². The van der Waals surface area contributed by atoms with Gasteiger partial charge in [-0.25, -0.2) is 0 Å². The molecule has 4 N–H and O–H groups in total. The SMILES string of the molecule is CC(O)CCN(C)C(=O)c1ccc(NN)c(C(F)(F)F)c1. The summed E-state index contributed by atoms with van der Waals surface area (Å²) >= 11 is 0. The molecule has 8 heteroatoms. The summed E-state index contributed by atoms with van der Waals surface area (Å²) in [6, 6.07) is 3.14. The lowest BCUT2D eigenvalue weighted by atomic mass is 10.1. The van der Waals surface area contributed by atoms with Gasteiger partial charge < -0.3 is 15.4 Å². The minimum absolute atomic E-state index is 0.0885. The van der Waals surface area contributed by atoms with E-state index in [0.717, 1.165) is 12.1 Å². The molecule has 0 radical (unpaired) electrons. The summed E-state index contributed by atoms with van der Waals surface area (Å²) in [4.78, 5) is 13.3. The molecule has 1 rings (SSSR count). The number of aliphatic hydroxyl groups is 1. The number of carbonyl (C=O) groups is 1. The van der Waals surface area contributed by atoms with E-state index < -0.39 is 23.8 Å². The highest BCUT2D eigenvalue weighted by molar-refractivity contribution is 5.94. The van der Waals surface area contributed by atoms with Gasteiger partial charge in [0.15, 0.2) is 0 Å². The predicted molar refractivity (Wildman–Crippen MR) is 72.5 cm³/mol. The fourth-order valence-corrected chi connectivity index (χ4v) is 1.74. The van der Waals surface area contributed by atoms with Gasteiger partial charge in [0.2, 0.25) is 0 Å². The van der Waals surface area contributed by atoms with E-state index in [1.165, 1.54) is 18.0 Å². The summed E-state index contributed by atoms with van der Waals surface area (Å²) < 4.78 is 38.6. The van der Waals surface area contributed by atoms with Crippen LogP contribution >= 0.6 is 0 Å². The Morgan fingerprint density at radius 2 is 2.10 bits per heavy atom. The van der Waals surface area contributed by atoms with Crippen molar-refractivity contribution in [2.24, 2.45) is 5.84 Å². The zero-order valence-electron chi connectivity index (χ0n) is 11.7. The summed E-state index contributed by atoms with van der Waals surface area (Å²) in [5, 5.41) is 9.16. The number of rotatable bonds is 5. The third-order valence-electron chi connectivity index (χ3n) is 2.96. The molecule has 0 fully saturated rings. The zero-order chi connectivity index (χ0) is 16.2. The second-order valence-electron chi connectivity index (χ2n) is 4.77. The molecule has 0 aromatic heterocycles. The number of hydrazine groups is 1. The molecular formula is C13H18F3N3O2. The molecule has 0 saturated heterocycles. The van der Waals surface area contributed by atoms with E-state index in [1.54, 1.807) is 6.92 Å². The van der Waals surface area contributed by atoms with Crippen LogP contribution < -0.4 is 11.3 Å². The molecular weight excluding hydrogens is 287 g/mol. The number of anilines is 1. The number of alkyl halides is 3. The first kappa shape index (κ1) is 17.3. The quantitative estimate of drug-likeness (QED) is 0.573. The summed E-state index contributed by atoms with van der Waals surface area (Å²) in [5.74, 6) is 4.49. The molecule has 0 heterocycles. The molecule has 0 bridgehead atoms. The number of hydrogen-bond acceptors (Lipinski definition) is 4. The number of nitrogen functional groups attached to an aromatic ring is 1. The van der Waals surface area contributed by atoms with Gasteiger partial charge in [0, 0.05) is 19.2 Å². The molecule has 0 aliphatic heterocycles. The van der Waals surface area contributed by atoms with Crippen LogP contribution in [0.5, 0.6) is 0 Å². The largest absolute Gasteiger partial charge is 0.418 e. The van der Waals surface area contributed by atoms with E-state index in [-0.39, 0.29) is 17.8 Å². The van der Waals surface area contributed by atoms with Crippen LogP contribution in [0.3, 0.4) is 0 Å². The Morgan fingerprint density at radius 3 is 2.57 bits per heavy atom. The molecule has 1 aromatic rings. The van der Waals surface area contributed by atoms with Crippen molar-refractivity contribution in [3.8, 4) is 0 Å². The van der Waals surface area contributed by atoms with E-state index in [2.05, 4.69) is 0 Å². The fraction of sp³-hybridized carbons (Fsp3) is 0.462. The molecule has 0 spiro atoms. The highest BCUT2D eigenvalue weighted by Crippen LogP contribution is 2.35. The lowest BCUT2D eigenvalue weighted by Gasteiger charge is -2.19. The number of hydrogen-bond donors (Lipinski definition) is 3. The average molecular weight is 305 g/mol. The molecule has 21 heavy (non-hydrogen) atoms. The number of halogens is 3. The van der Waals surface area contributed by atoms with Crippen LogP contribution in [0.2, 0.25) is 0 Å². The number of amides is 1. The maximum atomic E-state index is 12.9. The third kappa shape index (κ3) is 4.61. The number of nitrogens with one attached hydrogen (secondary N) is 1. The fourth-order valence-electron chi connectivity index (χ4n) is 1.74. The number of nitrogens with zero attached hydrogens (tertiary/aromatic N) is 1. The molecule has 0 saturated carbocycles. The molecule has 118 valence electrons. The van der Waals surface area contributed by atoms with Gasteiger partial charge in [0.05, 0.1) is 17.4 Å². The van der Waals surface area contributed by atoms with E-state index in [4.69, 9.17) is 10.9 Å². The first-order chi connectivity index (χ1) is 9.66. The van der Waals surface area contributed by atoms with Crippen molar-refractivity contribution in [2.75, 3.05) is 19.0 Å². The van der Waals surface area contributed by atoms with Gasteiger partial charge in [-0.05, 0) is 31.5 Å². The van der Waals surface area contributed by atoms with Crippen molar-refractivity contribution >= 4 is 11.6 Å². The van der Waals surface area contributed by atoms with Crippen LogP contribution in [0, 0.1) is 0 Å². The van der Waals surface area contributed by atoms with Crippen LogP contribution in [0.1, 0.15) is 29.3 Å². The molecule has 0 aliphatic rings. The lowest BCUT2D eigenvalue weighted by Crippen LogP contribution is -2.29. The summed E-state index contributed by atoms with van der Waals surface area (Å²) in [6.45, 7) is 1.82. The van der Waals surface area contributed by atoms with Gasteiger partial charge in [-0.3, -0.25) is 10.6 Å². The van der Waals surface area contributed by atoms with Crippen molar-refractivity contribution in [1.29, 1.82) is 0 Å². The Bertz CT molecular complexity index is 504. The Morgan fingerprint density at radius 1 is 1.48 bits per heavy atom. The van der Waals surface area contributed by atoms with Crippen molar-refractivity contribution in [1.82, 2.24) is 4.90 Å². The van der Waals surface area contributed by atoms with E-state index in [0.29, 0.717) is 6.42 Å². The highest BCUT2D eigenvalue weighted by Gasteiger charge is 2.34. The van der Waals surface area contributed by atoms with Gasteiger partial charge >= 0.3 is 6.18 Å². The zero-order valence-corrected chi connectivity index (χ0v) is 11.7. The normalized spacial score (nSPS) is 12.9. The Balaban J connectivity index is 3.01. The molecule has 1 unspecified atom stereocenters. The predicted octanol–water partition coefficient (Wildman–Crippen LogP) is 1.83. The van der Waals surface area contributed by atoms with E-state index in [1.807, 2.05) is 5.43 Å². The Kier molecular flexibility index (Phi) is 5.56. The third-order valence-corrected chi connectivity index (χ3v) is 2.96. The topological polar surface area (TPSA) is 78.6 Å². The summed E-state index contributed by atoms with van der Waals surface area (Å²) in [7, 11) is 1.47. The summed E-state index contributed by atoms with van der Waals surface area (Å²) in [6.07, 6.45) is -4.86. The van der Waals surface area contributed by atoms with E-state index in [9.17, 15) is 18.0 Å². The number of nitrogens with two attached hydrogens (primary N) is 1. The molecule has 5 nitrogen and oxygen atoms in total. The Hall–Kier alpha value is -1.80. The van der Waals surface area contributed by atoms with Gasteiger partial charge in [-0.1, -0.05) is 0 Å². The smallest absolute Gasteiger partial charge is 0.393 e. The standard InChI is InChI=1S/C13H18F3N3O2/c1-8(20)5-6-19(2)12(21)9-3-4-11(18-17)10(7-9)13(14,15)16/h3-4,7-8,18,20H,5-6,17H2,1-2H3. The summed E-state index contributed by atoms with van der Waals surface area (Å²) in [5.41, 5.74) is 0.571. The van der Waals surface area contributed by atoms with Crippen LogP contribution in [-0.2, 0) is 6.18 Å². The minimum Gasteiger partial charge on any atom is -0.393 e.